The van der Waals surface area contributed by atoms with Crippen LogP contribution in [0.4, 0.5) is 5.69 Å². The van der Waals surface area contributed by atoms with E-state index in [1.165, 1.54) is 10.4 Å². The lowest BCUT2D eigenvalue weighted by atomic mass is 10.2. The molecule has 0 saturated heterocycles. The molecule has 0 amide bonds. The molecule has 0 saturated carbocycles. The summed E-state index contributed by atoms with van der Waals surface area (Å²) in [5, 5.41) is 3.58. The topological polar surface area (TPSA) is 29.9 Å². The van der Waals surface area contributed by atoms with E-state index in [9.17, 15) is 0 Å². The zero-order valence-corrected chi connectivity index (χ0v) is 13.3. The molecule has 0 fully saturated rings. The molecule has 0 spiro atoms. The second-order valence-corrected chi connectivity index (χ2v) is 5.93. The maximum atomic E-state index is 4.76. The number of fused-ring (bicyclic) bond motifs is 1. The molecule has 3 nitrogen and oxygen atoms in total. The molecular weight excluding hydrogens is 278 g/mol. The Bertz CT molecular complexity index is 764. The van der Waals surface area contributed by atoms with Crippen LogP contribution in [0.15, 0.2) is 53.4 Å². The van der Waals surface area contributed by atoms with Gasteiger partial charge in [-0.3, -0.25) is 0 Å². The molecule has 0 aliphatic heterocycles. The number of para-hydroxylation sites is 3. The second kappa shape index (κ2) is 5.82. The van der Waals surface area contributed by atoms with Crippen LogP contribution >= 0.6 is 11.8 Å². The summed E-state index contributed by atoms with van der Waals surface area (Å²) >= 11 is 1.75. The fraction of sp³-hybridized carbons (Fsp3) is 0.235. The first-order valence-electron chi connectivity index (χ1n) is 7.01. The lowest BCUT2D eigenvalue weighted by Crippen LogP contribution is -2.12. The molecule has 2 aromatic carbocycles. The number of thioether (sulfide) groups is 1. The van der Waals surface area contributed by atoms with Crippen molar-refractivity contribution in [1.82, 2.24) is 9.55 Å². The number of aromatic nitrogens is 2. The summed E-state index contributed by atoms with van der Waals surface area (Å²) in [4.78, 5) is 6.01. The quantitative estimate of drug-likeness (QED) is 0.721. The standard InChI is InChI=1S/C17H19N3S/c1-12(18-14-9-5-7-11-16(14)21-3)17-19-13-8-4-6-10-15(13)20(17)2/h4-12,18H,1-3H3. The van der Waals surface area contributed by atoms with Gasteiger partial charge in [0.25, 0.3) is 0 Å². The van der Waals surface area contributed by atoms with E-state index >= 15 is 0 Å². The highest BCUT2D eigenvalue weighted by atomic mass is 32.2. The van der Waals surface area contributed by atoms with Gasteiger partial charge in [-0.15, -0.1) is 11.8 Å². The van der Waals surface area contributed by atoms with Gasteiger partial charge >= 0.3 is 0 Å². The maximum Gasteiger partial charge on any atom is 0.131 e. The Morgan fingerprint density at radius 2 is 1.81 bits per heavy atom. The van der Waals surface area contributed by atoms with Crippen molar-refractivity contribution in [2.75, 3.05) is 11.6 Å². The van der Waals surface area contributed by atoms with Crippen LogP contribution in [0.5, 0.6) is 0 Å². The summed E-state index contributed by atoms with van der Waals surface area (Å²) in [5.41, 5.74) is 3.37. The number of nitrogens with one attached hydrogen (secondary N) is 1. The van der Waals surface area contributed by atoms with E-state index in [0.29, 0.717) is 0 Å². The van der Waals surface area contributed by atoms with Crippen LogP contribution < -0.4 is 5.32 Å². The molecule has 1 heterocycles. The van der Waals surface area contributed by atoms with Gasteiger partial charge in [0.2, 0.25) is 0 Å². The molecule has 1 unspecified atom stereocenters. The second-order valence-electron chi connectivity index (χ2n) is 5.08. The summed E-state index contributed by atoms with van der Waals surface area (Å²) in [6, 6.07) is 16.8. The van der Waals surface area contributed by atoms with Crippen LogP contribution in [0.1, 0.15) is 18.8 Å². The van der Waals surface area contributed by atoms with Gasteiger partial charge in [0, 0.05) is 17.6 Å². The first-order valence-corrected chi connectivity index (χ1v) is 8.24. The van der Waals surface area contributed by atoms with Crippen LogP contribution in [-0.2, 0) is 7.05 Å². The normalized spacial score (nSPS) is 12.5. The van der Waals surface area contributed by atoms with Crippen LogP contribution in [0.2, 0.25) is 0 Å². The fourth-order valence-corrected chi connectivity index (χ4v) is 3.17. The van der Waals surface area contributed by atoms with E-state index in [1.54, 1.807) is 11.8 Å². The predicted octanol–water partition coefficient (Wildman–Crippen LogP) is 4.47. The Kier molecular flexibility index (Phi) is 3.88. The third kappa shape index (κ3) is 2.63. The summed E-state index contributed by atoms with van der Waals surface area (Å²) < 4.78 is 2.16. The molecule has 0 aliphatic rings. The highest BCUT2D eigenvalue weighted by Gasteiger charge is 2.15. The average Bonchev–Trinajstić information content (AvgIpc) is 2.85. The minimum atomic E-state index is 0.149. The summed E-state index contributed by atoms with van der Waals surface area (Å²) in [6.45, 7) is 2.15. The minimum absolute atomic E-state index is 0.149. The molecule has 3 rings (SSSR count). The van der Waals surface area contributed by atoms with Gasteiger partial charge in [-0.1, -0.05) is 24.3 Å². The van der Waals surface area contributed by atoms with Gasteiger partial charge in [-0.2, -0.15) is 0 Å². The predicted molar refractivity (Wildman–Crippen MR) is 91.0 cm³/mol. The molecule has 1 aromatic heterocycles. The third-order valence-corrected chi connectivity index (χ3v) is 4.48. The van der Waals surface area contributed by atoms with Crippen LogP contribution in [0.3, 0.4) is 0 Å². The molecular formula is C17H19N3S. The van der Waals surface area contributed by atoms with Crippen molar-refractivity contribution in [1.29, 1.82) is 0 Å². The Morgan fingerprint density at radius 1 is 1.10 bits per heavy atom. The van der Waals surface area contributed by atoms with Gasteiger partial charge in [0.15, 0.2) is 0 Å². The number of hydrogen-bond donors (Lipinski definition) is 1. The van der Waals surface area contributed by atoms with Gasteiger partial charge in [0.05, 0.1) is 17.1 Å². The summed E-state index contributed by atoms with van der Waals surface area (Å²) in [7, 11) is 2.07. The van der Waals surface area contributed by atoms with E-state index in [2.05, 4.69) is 72.6 Å². The van der Waals surface area contributed by atoms with E-state index in [0.717, 1.165) is 17.0 Å². The zero-order valence-electron chi connectivity index (χ0n) is 12.5. The van der Waals surface area contributed by atoms with Crippen molar-refractivity contribution in [3.8, 4) is 0 Å². The largest absolute Gasteiger partial charge is 0.374 e. The zero-order chi connectivity index (χ0) is 14.8. The van der Waals surface area contributed by atoms with E-state index < -0.39 is 0 Å². The van der Waals surface area contributed by atoms with Gasteiger partial charge < -0.3 is 9.88 Å². The molecule has 1 N–H and O–H groups in total. The smallest absolute Gasteiger partial charge is 0.131 e. The molecule has 0 bridgehead atoms. The Morgan fingerprint density at radius 3 is 2.57 bits per heavy atom. The number of anilines is 1. The van der Waals surface area contributed by atoms with E-state index in [1.807, 2.05) is 6.07 Å². The third-order valence-electron chi connectivity index (χ3n) is 3.69. The lowest BCUT2D eigenvalue weighted by molar-refractivity contribution is 0.732. The van der Waals surface area contributed by atoms with Gasteiger partial charge in [0.1, 0.15) is 5.82 Å². The number of nitrogens with zero attached hydrogens (tertiary/aromatic N) is 2. The fourth-order valence-electron chi connectivity index (χ4n) is 2.61. The molecule has 21 heavy (non-hydrogen) atoms. The van der Waals surface area contributed by atoms with E-state index in [-0.39, 0.29) is 6.04 Å². The van der Waals surface area contributed by atoms with Gasteiger partial charge in [-0.25, -0.2) is 4.98 Å². The van der Waals surface area contributed by atoms with Crippen LogP contribution in [0, 0.1) is 0 Å². The Balaban J connectivity index is 1.93. The molecule has 108 valence electrons. The first kappa shape index (κ1) is 14.0. The van der Waals surface area contributed by atoms with Crippen molar-refractivity contribution < 1.29 is 0 Å². The number of aryl methyl sites for hydroxylation is 1. The number of benzene rings is 2. The first-order chi connectivity index (χ1) is 10.2. The Hall–Kier alpha value is -1.94. The highest BCUT2D eigenvalue weighted by molar-refractivity contribution is 7.98. The van der Waals surface area contributed by atoms with Crippen molar-refractivity contribution in [3.63, 3.8) is 0 Å². The maximum absolute atomic E-state index is 4.76. The van der Waals surface area contributed by atoms with Crippen LogP contribution in [0.25, 0.3) is 11.0 Å². The van der Waals surface area contributed by atoms with Crippen LogP contribution in [-0.4, -0.2) is 15.8 Å². The van der Waals surface area contributed by atoms with Crippen molar-refractivity contribution in [2.24, 2.45) is 7.05 Å². The van der Waals surface area contributed by atoms with Gasteiger partial charge in [-0.05, 0) is 37.4 Å². The minimum Gasteiger partial charge on any atom is -0.374 e. The number of hydrogen-bond acceptors (Lipinski definition) is 3. The molecule has 4 heteroatoms. The molecule has 3 aromatic rings. The highest BCUT2D eigenvalue weighted by Crippen LogP contribution is 2.29. The number of rotatable bonds is 4. The van der Waals surface area contributed by atoms with Crippen molar-refractivity contribution in [3.05, 3.63) is 54.4 Å². The summed E-state index contributed by atoms with van der Waals surface area (Å²) in [5.74, 6) is 1.05. The Labute approximate surface area is 129 Å². The van der Waals surface area contributed by atoms with E-state index in [4.69, 9.17) is 4.98 Å². The average molecular weight is 297 g/mol. The number of imidazole rings is 1. The lowest BCUT2D eigenvalue weighted by Gasteiger charge is -2.17. The monoisotopic (exact) mass is 297 g/mol. The molecule has 0 aliphatic carbocycles. The van der Waals surface area contributed by atoms with Crippen molar-refractivity contribution >= 4 is 28.5 Å². The molecule has 1 atom stereocenters. The summed E-state index contributed by atoms with van der Waals surface area (Å²) in [6.07, 6.45) is 2.10. The molecule has 0 radical (unpaired) electrons. The van der Waals surface area contributed by atoms with Crippen molar-refractivity contribution in [2.45, 2.75) is 17.9 Å². The SMILES string of the molecule is CSc1ccccc1NC(C)c1nc2ccccc2n1C.